The number of nitrogens with zero attached hydrogens (tertiary/aromatic N) is 2. The van der Waals surface area contributed by atoms with Crippen LogP contribution in [0.4, 0.5) is 5.69 Å². The summed E-state index contributed by atoms with van der Waals surface area (Å²) in [5.41, 5.74) is 1.91. The Labute approximate surface area is 167 Å². The lowest BCUT2D eigenvalue weighted by Crippen LogP contribution is -2.56. The Hall–Kier alpha value is -2.53. The first-order valence-corrected chi connectivity index (χ1v) is 10.2. The molecule has 0 aromatic heterocycles. The molecule has 0 aliphatic carbocycles. The average molecular weight is 380 g/mol. The molecule has 0 unspecified atom stereocenters. The number of anilines is 1. The molecule has 2 fully saturated rings. The summed E-state index contributed by atoms with van der Waals surface area (Å²) in [6, 6.07) is 18.4. The molecular formula is C23H29N3O2. The van der Waals surface area contributed by atoms with Crippen molar-refractivity contribution in [2.24, 2.45) is 0 Å². The van der Waals surface area contributed by atoms with Crippen molar-refractivity contribution in [1.82, 2.24) is 10.2 Å². The van der Waals surface area contributed by atoms with Crippen molar-refractivity contribution in [2.45, 2.75) is 31.7 Å². The zero-order chi connectivity index (χ0) is 19.4. The molecule has 2 aliphatic heterocycles. The van der Waals surface area contributed by atoms with Crippen molar-refractivity contribution < 1.29 is 9.53 Å². The van der Waals surface area contributed by atoms with Crippen molar-refractivity contribution >= 4 is 11.6 Å². The maximum Gasteiger partial charge on any atom is 0.247 e. The third-order valence-corrected chi connectivity index (χ3v) is 6.06. The van der Waals surface area contributed by atoms with Crippen molar-refractivity contribution in [3.8, 4) is 5.75 Å². The minimum absolute atomic E-state index is 0.180. The van der Waals surface area contributed by atoms with Gasteiger partial charge in [-0.3, -0.25) is 4.79 Å². The van der Waals surface area contributed by atoms with Gasteiger partial charge in [-0.25, -0.2) is 0 Å². The van der Waals surface area contributed by atoms with Crippen LogP contribution in [-0.4, -0.2) is 49.3 Å². The van der Waals surface area contributed by atoms with Crippen molar-refractivity contribution in [2.75, 3.05) is 37.8 Å². The van der Waals surface area contributed by atoms with Crippen LogP contribution in [0.1, 0.15) is 24.8 Å². The number of hydrogen-bond donors (Lipinski definition) is 1. The number of ether oxygens (including phenoxy) is 1. The van der Waals surface area contributed by atoms with E-state index in [0.717, 1.165) is 56.9 Å². The van der Waals surface area contributed by atoms with Crippen LogP contribution in [0, 0.1) is 6.92 Å². The van der Waals surface area contributed by atoms with E-state index in [1.165, 1.54) is 5.56 Å². The number of carbonyl (C=O) groups excluding carboxylic acids is 1. The fraction of sp³-hybridized carbons (Fsp3) is 0.435. The van der Waals surface area contributed by atoms with Gasteiger partial charge < -0.3 is 19.9 Å². The molecule has 2 aromatic carbocycles. The molecule has 5 heteroatoms. The summed E-state index contributed by atoms with van der Waals surface area (Å²) < 4.78 is 5.91. The first-order chi connectivity index (χ1) is 13.7. The molecule has 2 aliphatic rings. The van der Waals surface area contributed by atoms with Crippen LogP contribution in [0.25, 0.3) is 0 Å². The Bertz CT molecular complexity index is 801. The lowest BCUT2D eigenvalue weighted by Gasteiger charge is -2.43. The molecule has 28 heavy (non-hydrogen) atoms. The molecular weight excluding hydrogens is 350 g/mol. The molecule has 0 atom stereocenters. The van der Waals surface area contributed by atoms with Crippen molar-refractivity contribution in [1.29, 1.82) is 0 Å². The van der Waals surface area contributed by atoms with Crippen molar-refractivity contribution in [3.05, 3.63) is 60.2 Å². The van der Waals surface area contributed by atoms with Crippen LogP contribution in [0.3, 0.4) is 0 Å². The first kappa shape index (κ1) is 18.8. The Kier molecular flexibility index (Phi) is 5.53. The lowest BCUT2D eigenvalue weighted by atomic mass is 9.85. The number of carbonyl (C=O) groups is 1. The third-order valence-electron chi connectivity index (χ3n) is 6.06. The van der Waals surface area contributed by atoms with Gasteiger partial charge in [0.05, 0.1) is 13.3 Å². The molecule has 0 radical (unpaired) electrons. The Morgan fingerprint density at radius 2 is 1.75 bits per heavy atom. The Morgan fingerprint density at radius 3 is 2.50 bits per heavy atom. The van der Waals surface area contributed by atoms with Gasteiger partial charge in [0, 0.05) is 25.3 Å². The predicted molar refractivity (Wildman–Crippen MR) is 112 cm³/mol. The summed E-state index contributed by atoms with van der Waals surface area (Å²) in [6.45, 7) is 6.30. The second-order valence-electron chi connectivity index (χ2n) is 7.77. The van der Waals surface area contributed by atoms with Gasteiger partial charge in [-0.1, -0.05) is 36.4 Å². The van der Waals surface area contributed by atoms with E-state index >= 15 is 0 Å². The van der Waals surface area contributed by atoms with E-state index in [-0.39, 0.29) is 5.91 Å². The molecule has 1 spiro atoms. The largest absolute Gasteiger partial charge is 0.493 e. The molecule has 148 valence electrons. The number of hydrogen-bond acceptors (Lipinski definition) is 4. The SMILES string of the molecule is Cc1ccccc1OCCCN1CCC2(CC1)C(=O)NCN2c1ccccc1. The van der Waals surface area contributed by atoms with Crippen molar-refractivity contribution in [3.63, 3.8) is 0 Å². The molecule has 0 saturated carbocycles. The number of likely N-dealkylation sites (tertiary alicyclic amines) is 1. The molecule has 0 bridgehead atoms. The van der Waals surface area contributed by atoms with Gasteiger partial charge in [0.1, 0.15) is 11.3 Å². The van der Waals surface area contributed by atoms with Gasteiger partial charge in [0.15, 0.2) is 0 Å². The quantitative estimate of drug-likeness (QED) is 0.783. The highest BCUT2D eigenvalue weighted by atomic mass is 16.5. The van der Waals surface area contributed by atoms with Crippen LogP contribution in [-0.2, 0) is 4.79 Å². The summed E-state index contributed by atoms with van der Waals surface area (Å²) in [4.78, 5) is 17.4. The first-order valence-electron chi connectivity index (χ1n) is 10.2. The highest BCUT2D eigenvalue weighted by molar-refractivity contribution is 5.93. The topological polar surface area (TPSA) is 44.8 Å². The van der Waals surface area contributed by atoms with Crippen LogP contribution in [0.5, 0.6) is 5.75 Å². The predicted octanol–water partition coefficient (Wildman–Crippen LogP) is 3.19. The van der Waals surface area contributed by atoms with Gasteiger partial charge >= 0.3 is 0 Å². The number of piperidine rings is 1. The van der Waals surface area contributed by atoms with Gasteiger partial charge in [-0.05, 0) is 49.9 Å². The van der Waals surface area contributed by atoms with Gasteiger partial charge in [0.2, 0.25) is 5.91 Å². The summed E-state index contributed by atoms with van der Waals surface area (Å²) in [5, 5.41) is 3.07. The Morgan fingerprint density at radius 1 is 1.04 bits per heavy atom. The molecule has 5 nitrogen and oxygen atoms in total. The fourth-order valence-corrected chi connectivity index (χ4v) is 4.37. The summed E-state index contributed by atoms with van der Waals surface area (Å²) in [5.74, 6) is 1.15. The summed E-state index contributed by atoms with van der Waals surface area (Å²) in [7, 11) is 0. The van der Waals surface area contributed by atoms with E-state index in [1.807, 2.05) is 36.4 Å². The second kappa shape index (κ2) is 8.23. The molecule has 2 aromatic rings. The second-order valence-corrected chi connectivity index (χ2v) is 7.77. The maximum atomic E-state index is 12.7. The fourth-order valence-electron chi connectivity index (χ4n) is 4.37. The summed E-state index contributed by atoms with van der Waals surface area (Å²) in [6.07, 6.45) is 2.73. The smallest absolute Gasteiger partial charge is 0.247 e. The van der Waals surface area contributed by atoms with Gasteiger partial charge in [-0.2, -0.15) is 0 Å². The third kappa shape index (κ3) is 3.72. The molecule has 2 heterocycles. The maximum absolute atomic E-state index is 12.7. The minimum atomic E-state index is -0.393. The van der Waals surface area contributed by atoms with Gasteiger partial charge in [0.25, 0.3) is 0 Å². The number of aryl methyl sites for hydroxylation is 1. The molecule has 2 saturated heterocycles. The molecule has 4 rings (SSSR count). The van der Waals surface area contributed by atoms with E-state index in [4.69, 9.17) is 4.74 Å². The summed E-state index contributed by atoms with van der Waals surface area (Å²) >= 11 is 0. The molecule has 1 N–H and O–H groups in total. The monoisotopic (exact) mass is 379 g/mol. The van der Waals surface area contributed by atoms with E-state index in [1.54, 1.807) is 0 Å². The number of para-hydroxylation sites is 2. The highest BCUT2D eigenvalue weighted by Gasteiger charge is 2.50. The zero-order valence-electron chi connectivity index (χ0n) is 16.6. The normalized spacial score (nSPS) is 19.0. The average Bonchev–Trinajstić information content (AvgIpc) is 3.04. The van der Waals surface area contributed by atoms with Crippen LogP contribution >= 0.6 is 0 Å². The van der Waals surface area contributed by atoms with Gasteiger partial charge in [-0.15, -0.1) is 0 Å². The van der Waals surface area contributed by atoms with E-state index in [9.17, 15) is 4.79 Å². The number of benzene rings is 2. The molecule has 1 amide bonds. The van der Waals surface area contributed by atoms with E-state index in [0.29, 0.717) is 6.67 Å². The Balaban J connectivity index is 1.29. The van der Waals surface area contributed by atoms with Crippen LogP contribution in [0.15, 0.2) is 54.6 Å². The van der Waals surface area contributed by atoms with E-state index < -0.39 is 5.54 Å². The number of nitrogens with one attached hydrogen (secondary N) is 1. The zero-order valence-corrected chi connectivity index (χ0v) is 16.6. The van der Waals surface area contributed by atoms with E-state index in [2.05, 4.69) is 40.2 Å². The number of amides is 1. The minimum Gasteiger partial charge on any atom is -0.493 e. The number of rotatable bonds is 6. The standard InChI is InChI=1S/C23H29N3O2/c1-19-8-5-6-11-21(19)28-17-7-14-25-15-12-23(13-16-25)22(27)24-18-26(23)20-9-3-2-4-10-20/h2-6,8-11H,7,12-18H2,1H3,(H,24,27). The van der Waals surface area contributed by atoms with Crippen LogP contribution in [0.2, 0.25) is 0 Å². The van der Waals surface area contributed by atoms with Crippen LogP contribution < -0.4 is 15.0 Å². The highest BCUT2D eigenvalue weighted by Crippen LogP contribution is 2.36. The lowest BCUT2D eigenvalue weighted by molar-refractivity contribution is -0.125.